The molecule has 3 aromatic rings. The first kappa shape index (κ1) is 17.1. The van der Waals surface area contributed by atoms with Gasteiger partial charge in [-0.25, -0.2) is 0 Å². The molecular weight excluding hydrogens is 335 g/mol. The van der Waals surface area contributed by atoms with E-state index in [1.165, 1.54) is 22.0 Å². The Labute approximate surface area is 157 Å². The van der Waals surface area contributed by atoms with Crippen LogP contribution in [0.15, 0.2) is 84.9 Å². The van der Waals surface area contributed by atoms with Crippen molar-refractivity contribution in [2.24, 2.45) is 0 Å². The van der Waals surface area contributed by atoms with E-state index in [2.05, 4.69) is 115 Å². The predicted octanol–water partition coefficient (Wildman–Crippen LogP) is 4.54. The first-order chi connectivity index (χ1) is 12.6. The molecule has 0 fully saturated rings. The molecule has 3 heteroatoms. The first-order valence-corrected chi connectivity index (χ1v) is 11.6. The number of anilines is 2. The van der Waals surface area contributed by atoms with Gasteiger partial charge in [-0.3, -0.25) is 0 Å². The average molecular weight is 361 g/mol. The van der Waals surface area contributed by atoms with Crippen LogP contribution in [0.1, 0.15) is 6.92 Å². The standard InChI is InChI=1S/C23H26N2P/c1-19-24(2)22-16-10-11-17-23(22)25(19)18-26(3,20-12-6-4-7-13-20)21-14-8-5-9-15-21/h4-17,19H,18H2,1-3H3/q+1/t19-/m0/s1. The molecule has 0 spiro atoms. The Morgan fingerprint density at radius 1 is 0.731 bits per heavy atom. The summed E-state index contributed by atoms with van der Waals surface area (Å²) in [7, 11) is 0.655. The monoisotopic (exact) mass is 361 g/mol. The van der Waals surface area contributed by atoms with Crippen LogP contribution < -0.4 is 20.4 Å². The van der Waals surface area contributed by atoms with Crippen LogP contribution >= 0.6 is 7.26 Å². The zero-order valence-electron chi connectivity index (χ0n) is 15.7. The number of hydrogen-bond acceptors (Lipinski definition) is 2. The van der Waals surface area contributed by atoms with Crippen LogP contribution in [-0.2, 0) is 0 Å². The van der Waals surface area contributed by atoms with E-state index in [0.29, 0.717) is 6.17 Å². The lowest BCUT2D eigenvalue weighted by Crippen LogP contribution is -2.42. The van der Waals surface area contributed by atoms with Crippen LogP contribution in [0.5, 0.6) is 0 Å². The second-order valence-corrected chi connectivity index (χ2v) is 10.9. The Morgan fingerprint density at radius 3 is 1.73 bits per heavy atom. The SMILES string of the molecule is C[C@H]1N(C)c2ccccc2N1C[P+](C)(c1ccccc1)c1ccccc1. The van der Waals surface area contributed by atoms with Crippen molar-refractivity contribution in [1.29, 1.82) is 0 Å². The summed E-state index contributed by atoms with van der Waals surface area (Å²) in [6.07, 6.45) is 1.41. The third kappa shape index (κ3) is 2.79. The van der Waals surface area contributed by atoms with Crippen molar-refractivity contribution in [2.45, 2.75) is 13.1 Å². The molecule has 132 valence electrons. The Bertz CT molecular complexity index is 839. The van der Waals surface area contributed by atoms with Crippen LogP contribution in [0.3, 0.4) is 0 Å². The lowest BCUT2D eigenvalue weighted by Gasteiger charge is -2.33. The van der Waals surface area contributed by atoms with Crippen molar-refractivity contribution in [3.63, 3.8) is 0 Å². The molecule has 0 saturated carbocycles. The molecule has 0 bridgehead atoms. The van der Waals surface area contributed by atoms with Crippen LogP contribution in [-0.4, -0.2) is 26.2 Å². The molecule has 3 aromatic carbocycles. The van der Waals surface area contributed by atoms with Crippen molar-refractivity contribution in [3.8, 4) is 0 Å². The highest BCUT2D eigenvalue weighted by atomic mass is 31.2. The zero-order valence-corrected chi connectivity index (χ0v) is 16.6. The molecule has 0 N–H and O–H groups in total. The molecule has 0 radical (unpaired) electrons. The summed E-state index contributed by atoms with van der Waals surface area (Å²) < 4.78 is 0. The summed E-state index contributed by atoms with van der Waals surface area (Å²) in [6, 6.07) is 30.9. The van der Waals surface area contributed by atoms with Gasteiger partial charge < -0.3 is 9.80 Å². The molecule has 1 aliphatic heterocycles. The fourth-order valence-corrected chi connectivity index (χ4v) is 7.23. The highest BCUT2D eigenvalue weighted by Crippen LogP contribution is 2.55. The minimum atomic E-state index is -1.54. The molecular formula is C23H26N2P+. The van der Waals surface area contributed by atoms with Gasteiger partial charge in [0.25, 0.3) is 0 Å². The molecule has 0 aliphatic carbocycles. The van der Waals surface area contributed by atoms with Crippen LogP contribution in [0.25, 0.3) is 0 Å². The first-order valence-electron chi connectivity index (χ1n) is 9.16. The van der Waals surface area contributed by atoms with Crippen molar-refractivity contribution < 1.29 is 0 Å². The van der Waals surface area contributed by atoms with E-state index in [9.17, 15) is 0 Å². The summed E-state index contributed by atoms with van der Waals surface area (Å²) in [4.78, 5) is 4.97. The second kappa shape index (κ2) is 6.78. The fraction of sp³-hybridized carbons (Fsp3) is 0.217. The van der Waals surface area contributed by atoms with E-state index in [4.69, 9.17) is 0 Å². The third-order valence-electron chi connectivity index (χ3n) is 5.67. The number of hydrogen-bond donors (Lipinski definition) is 0. The number of fused-ring (bicyclic) bond motifs is 1. The topological polar surface area (TPSA) is 6.48 Å². The lowest BCUT2D eigenvalue weighted by molar-refractivity contribution is 0.699. The van der Waals surface area contributed by atoms with Gasteiger partial charge >= 0.3 is 0 Å². The van der Waals surface area contributed by atoms with Gasteiger partial charge in [-0.2, -0.15) is 0 Å². The Morgan fingerprint density at radius 2 is 1.19 bits per heavy atom. The molecule has 1 atom stereocenters. The van der Waals surface area contributed by atoms with E-state index < -0.39 is 7.26 Å². The second-order valence-electron chi connectivity index (χ2n) is 7.21. The molecule has 0 aromatic heterocycles. The maximum absolute atomic E-state index is 2.59. The fourth-order valence-electron chi connectivity index (χ4n) is 3.94. The number of rotatable bonds is 4. The van der Waals surface area contributed by atoms with Crippen molar-refractivity contribution in [3.05, 3.63) is 84.9 Å². The number of benzene rings is 3. The van der Waals surface area contributed by atoms with Gasteiger partial charge in [0.2, 0.25) is 0 Å². The normalized spacial score (nSPS) is 16.7. The summed E-state index contributed by atoms with van der Waals surface area (Å²) in [5.74, 6) is 0. The van der Waals surface area contributed by atoms with E-state index in [-0.39, 0.29) is 0 Å². The molecule has 4 rings (SSSR count). The van der Waals surface area contributed by atoms with Gasteiger partial charge in [-0.1, -0.05) is 48.5 Å². The third-order valence-corrected chi connectivity index (χ3v) is 9.42. The van der Waals surface area contributed by atoms with E-state index in [1.54, 1.807) is 0 Å². The van der Waals surface area contributed by atoms with Gasteiger partial charge in [0.15, 0.2) is 0 Å². The minimum Gasteiger partial charge on any atom is -0.353 e. The summed E-state index contributed by atoms with van der Waals surface area (Å²) >= 11 is 0. The van der Waals surface area contributed by atoms with Crippen molar-refractivity contribution in [2.75, 3.05) is 29.8 Å². The Kier molecular flexibility index (Phi) is 4.46. The van der Waals surface area contributed by atoms with E-state index in [1.807, 2.05) is 0 Å². The van der Waals surface area contributed by atoms with E-state index in [0.717, 1.165) is 6.29 Å². The van der Waals surface area contributed by atoms with Gasteiger partial charge in [0.1, 0.15) is 23.1 Å². The van der Waals surface area contributed by atoms with Crippen LogP contribution in [0.2, 0.25) is 0 Å². The van der Waals surface area contributed by atoms with E-state index >= 15 is 0 Å². The Balaban J connectivity index is 1.80. The molecule has 1 aliphatic rings. The highest BCUT2D eigenvalue weighted by Gasteiger charge is 2.43. The molecule has 0 unspecified atom stereocenters. The number of para-hydroxylation sites is 2. The van der Waals surface area contributed by atoms with Gasteiger partial charge in [-0.15, -0.1) is 0 Å². The summed E-state index contributed by atoms with van der Waals surface area (Å²) in [5, 5.41) is 2.93. The van der Waals surface area contributed by atoms with Crippen molar-refractivity contribution >= 4 is 29.2 Å². The minimum absolute atomic E-state index is 0.360. The maximum Gasteiger partial charge on any atom is 0.141 e. The highest BCUT2D eigenvalue weighted by molar-refractivity contribution is 7.89. The maximum atomic E-state index is 2.59. The number of nitrogens with zero attached hydrogens (tertiary/aromatic N) is 2. The van der Waals surface area contributed by atoms with Gasteiger partial charge in [0.05, 0.1) is 25.3 Å². The zero-order chi connectivity index (χ0) is 18.1. The Hall–Kier alpha value is -2.31. The van der Waals surface area contributed by atoms with Crippen LogP contribution in [0, 0.1) is 0 Å². The summed E-state index contributed by atoms with van der Waals surface area (Å²) in [6.45, 7) is 4.78. The van der Waals surface area contributed by atoms with Crippen molar-refractivity contribution in [1.82, 2.24) is 0 Å². The predicted molar refractivity (Wildman–Crippen MR) is 117 cm³/mol. The molecule has 26 heavy (non-hydrogen) atoms. The van der Waals surface area contributed by atoms with Gasteiger partial charge in [-0.05, 0) is 43.3 Å². The molecule has 1 heterocycles. The molecule has 2 nitrogen and oxygen atoms in total. The quantitative estimate of drug-likeness (QED) is 0.629. The van der Waals surface area contributed by atoms with Crippen LogP contribution in [0.4, 0.5) is 11.4 Å². The molecule has 0 saturated heterocycles. The molecule has 0 amide bonds. The average Bonchev–Trinajstić information content (AvgIpc) is 2.94. The largest absolute Gasteiger partial charge is 0.353 e. The van der Waals surface area contributed by atoms with Gasteiger partial charge in [0, 0.05) is 7.05 Å². The smallest absolute Gasteiger partial charge is 0.141 e. The summed E-state index contributed by atoms with van der Waals surface area (Å²) in [5.41, 5.74) is 2.67. The lowest BCUT2D eigenvalue weighted by atomic mass is 10.3.